The SMILES string of the molecule is O=C(C=Cc1cnc(N[C@@H]2CCN(CCc3cccc(F)c3)C2)cn1)NO. The van der Waals surface area contributed by atoms with Crippen LogP contribution in [-0.4, -0.2) is 51.7 Å². The number of amides is 1. The summed E-state index contributed by atoms with van der Waals surface area (Å²) in [6.07, 6.45) is 7.64. The Kier molecular flexibility index (Phi) is 6.45. The van der Waals surface area contributed by atoms with Gasteiger partial charge < -0.3 is 10.2 Å². The van der Waals surface area contributed by atoms with E-state index in [1.807, 2.05) is 6.07 Å². The molecule has 3 N–H and O–H groups in total. The Morgan fingerprint density at radius 2 is 2.26 bits per heavy atom. The van der Waals surface area contributed by atoms with Crippen LogP contribution in [0, 0.1) is 5.82 Å². The van der Waals surface area contributed by atoms with Gasteiger partial charge in [0.1, 0.15) is 11.6 Å². The van der Waals surface area contributed by atoms with E-state index in [1.54, 1.807) is 24.5 Å². The molecule has 0 spiro atoms. The zero-order valence-corrected chi connectivity index (χ0v) is 14.8. The number of carbonyl (C=O) groups is 1. The first-order chi connectivity index (χ1) is 13.1. The smallest absolute Gasteiger partial charge is 0.267 e. The lowest BCUT2D eigenvalue weighted by molar-refractivity contribution is -0.124. The summed E-state index contributed by atoms with van der Waals surface area (Å²) in [7, 11) is 0. The molecule has 7 nitrogen and oxygen atoms in total. The van der Waals surface area contributed by atoms with Crippen LogP contribution in [0.1, 0.15) is 17.7 Å². The molecule has 0 aliphatic carbocycles. The Morgan fingerprint density at radius 1 is 1.37 bits per heavy atom. The minimum Gasteiger partial charge on any atom is -0.365 e. The molecule has 2 aromatic rings. The lowest BCUT2D eigenvalue weighted by atomic mass is 10.1. The molecular weight excluding hydrogens is 349 g/mol. The van der Waals surface area contributed by atoms with Crippen molar-refractivity contribution in [2.45, 2.75) is 18.9 Å². The summed E-state index contributed by atoms with van der Waals surface area (Å²) in [4.78, 5) is 21.8. The fourth-order valence-electron chi connectivity index (χ4n) is 3.04. The van der Waals surface area contributed by atoms with Crippen molar-refractivity contribution in [1.82, 2.24) is 20.3 Å². The number of hydrogen-bond donors (Lipinski definition) is 3. The number of rotatable bonds is 7. The lowest BCUT2D eigenvalue weighted by Gasteiger charge is -2.17. The normalized spacial score (nSPS) is 17.3. The minimum absolute atomic E-state index is 0.192. The van der Waals surface area contributed by atoms with E-state index in [1.165, 1.54) is 23.7 Å². The van der Waals surface area contributed by atoms with Crippen LogP contribution in [0.2, 0.25) is 0 Å². The molecule has 0 radical (unpaired) electrons. The van der Waals surface area contributed by atoms with Crippen LogP contribution in [0.25, 0.3) is 6.08 Å². The van der Waals surface area contributed by atoms with Gasteiger partial charge in [0.05, 0.1) is 18.1 Å². The van der Waals surface area contributed by atoms with Crippen LogP contribution in [-0.2, 0) is 11.2 Å². The maximum atomic E-state index is 13.2. The van der Waals surface area contributed by atoms with Gasteiger partial charge in [0.2, 0.25) is 0 Å². The molecule has 27 heavy (non-hydrogen) atoms. The number of nitrogens with zero attached hydrogens (tertiary/aromatic N) is 3. The van der Waals surface area contributed by atoms with Crippen molar-refractivity contribution in [2.75, 3.05) is 25.0 Å². The Bertz CT molecular complexity index is 797. The van der Waals surface area contributed by atoms with Crippen molar-refractivity contribution in [3.8, 4) is 0 Å². The van der Waals surface area contributed by atoms with E-state index < -0.39 is 5.91 Å². The van der Waals surface area contributed by atoms with E-state index in [4.69, 9.17) is 5.21 Å². The third-order valence-electron chi connectivity index (χ3n) is 4.42. The average molecular weight is 371 g/mol. The molecule has 8 heteroatoms. The fourth-order valence-corrected chi connectivity index (χ4v) is 3.04. The molecule has 0 unspecified atom stereocenters. The fraction of sp³-hybridized carbons (Fsp3) is 0.316. The van der Waals surface area contributed by atoms with Gasteiger partial charge in [0, 0.05) is 31.8 Å². The second-order valence-corrected chi connectivity index (χ2v) is 6.45. The Morgan fingerprint density at radius 3 is 3.00 bits per heavy atom. The van der Waals surface area contributed by atoms with Crippen LogP contribution >= 0.6 is 0 Å². The van der Waals surface area contributed by atoms with Crippen LogP contribution in [0.5, 0.6) is 0 Å². The van der Waals surface area contributed by atoms with Crippen LogP contribution in [0.3, 0.4) is 0 Å². The monoisotopic (exact) mass is 371 g/mol. The summed E-state index contributed by atoms with van der Waals surface area (Å²) in [5.41, 5.74) is 3.04. The van der Waals surface area contributed by atoms with Gasteiger partial charge in [0.25, 0.3) is 5.91 Å². The summed E-state index contributed by atoms with van der Waals surface area (Å²) >= 11 is 0. The van der Waals surface area contributed by atoms with Gasteiger partial charge in [-0.25, -0.2) is 14.9 Å². The number of hydroxylamine groups is 1. The average Bonchev–Trinajstić information content (AvgIpc) is 3.13. The molecule has 1 aromatic carbocycles. The van der Waals surface area contributed by atoms with Crippen molar-refractivity contribution in [3.05, 3.63) is 59.8 Å². The number of hydrogen-bond acceptors (Lipinski definition) is 6. The molecule has 3 rings (SSSR count). The van der Waals surface area contributed by atoms with Crippen LogP contribution in [0.15, 0.2) is 42.7 Å². The number of halogens is 1. The quantitative estimate of drug-likeness (QED) is 0.391. The number of anilines is 1. The number of carbonyl (C=O) groups excluding carboxylic acids is 1. The molecule has 1 atom stereocenters. The first kappa shape index (κ1) is 18.9. The second-order valence-electron chi connectivity index (χ2n) is 6.45. The van der Waals surface area contributed by atoms with Crippen molar-refractivity contribution in [2.24, 2.45) is 0 Å². The van der Waals surface area contributed by atoms with Crippen LogP contribution in [0.4, 0.5) is 10.2 Å². The van der Waals surface area contributed by atoms with Gasteiger partial charge in [-0.1, -0.05) is 12.1 Å². The molecule has 1 aromatic heterocycles. The Labute approximate surface area is 156 Å². The molecule has 0 bridgehead atoms. The molecule has 1 amide bonds. The zero-order valence-electron chi connectivity index (χ0n) is 14.8. The molecule has 142 valence electrons. The third kappa shape index (κ3) is 5.83. The molecule has 0 saturated carbocycles. The summed E-state index contributed by atoms with van der Waals surface area (Å²) in [6, 6.07) is 7.02. The molecule has 1 aliphatic heterocycles. The van der Waals surface area contributed by atoms with Gasteiger partial charge >= 0.3 is 0 Å². The number of benzene rings is 1. The molecule has 1 fully saturated rings. The van der Waals surface area contributed by atoms with Gasteiger partial charge in [0.15, 0.2) is 0 Å². The highest BCUT2D eigenvalue weighted by atomic mass is 19.1. The standard InChI is InChI=1S/C19H22FN5O2/c20-15-3-1-2-14(10-15)6-8-25-9-7-17(13-25)23-18-12-21-16(11-22-18)4-5-19(26)24-27/h1-5,10-12,17,27H,6-9,13H2,(H,22,23)(H,24,26)/t17-/m1/s1. The molecular formula is C19H22FN5O2. The summed E-state index contributed by atoms with van der Waals surface area (Å²) in [5, 5.41) is 11.8. The number of likely N-dealkylation sites (tertiary alicyclic amines) is 1. The summed E-state index contributed by atoms with van der Waals surface area (Å²) in [5.74, 6) is -0.138. The predicted octanol–water partition coefficient (Wildman–Crippen LogP) is 1.86. The molecule has 1 saturated heterocycles. The maximum Gasteiger partial charge on any atom is 0.267 e. The number of nitrogens with one attached hydrogen (secondary N) is 2. The van der Waals surface area contributed by atoms with Crippen molar-refractivity contribution < 1.29 is 14.4 Å². The lowest BCUT2D eigenvalue weighted by Crippen LogP contribution is -2.28. The summed E-state index contributed by atoms with van der Waals surface area (Å²) in [6.45, 7) is 2.77. The van der Waals surface area contributed by atoms with Gasteiger partial charge in [-0.3, -0.25) is 15.0 Å². The third-order valence-corrected chi connectivity index (χ3v) is 4.42. The van der Waals surface area contributed by atoms with Crippen molar-refractivity contribution in [3.63, 3.8) is 0 Å². The second kappa shape index (κ2) is 9.20. The van der Waals surface area contributed by atoms with E-state index in [0.717, 1.165) is 38.0 Å². The molecule has 1 aliphatic rings. The zero-order chi connectivity index (χ0) is 19.1. The van der Waals surface area contributed by atoms with E-state index in [2.05, 4.69) is 20.2 Å². The predicted molar refractivity (Wildman–Crippen MR) is 99.6 cm³/mol. The van der Waals surface area contributed by atoms with Crippen molar-refractivity contribution >= 4 is 17.8 Å². The van der Waals surface area contributed by atoms with Crippen LogP contribution < -0.4 is 10.8 Å². The summed E-state index contributed by atoms with van der Waals surface area (Å²) < 4.78 is 13.2. The van der Waals surface area contributed by atoms with E-state index in [-0.39, 0.29) is 11.9 Å². The van der Waals surface area contributed by atoms with Crippen molar-refractivity contribution in [1.29, 1.82) is 0 Å². The van der Waals surface area contributed by atoms with E-state index >= 15 is 0 Å². The highest BCUT2D eigenvalue weighted by Gasteiger charge is 2.22. The topological polar surface area (TPSA) is 90.4 Å². The minimum atomic E-state index is -0.622. The molecule has 2 heterocycles. The Balaban J connectivity index is 1.45. The first-order valence-electron chi connectivity index (χ1n) is 8.80. The van der Waals surface area contributed by atoms with E-state index in [0.29, 0.717) is 11.5 Å². The number of aromatic nitrogens is 2. The Hall–Kier alpha value is -2.84. The first-order valence-corrected chi connectivity index (χ1v) is 8.80. The van der Waals surface area contributed by atoms with Gasteiger partial charge in [-0.05, 0) is 36.6 Å². The highest BCUT2D eigenvalue weighted by molar-refractivity contribution is 5.90. The largest absolute Gasteiger partial charge is 0.365 e. The maximum absolute atomic E-state index is 13.2. The van der Waals surface area contributed by atoms with E-state index in [9.17, 15) is 9.18 Å². The van der Waals surface area contributed by atoms with Gasteiger partial charge in [-0.15, -0.1) is 0 Å². The highest BCUT2D eigenvalue weighted by Crippen LogP contribution is 2.15. The van der Waals surface area contributed by atoms with Gasteiger partial charge in [-0.2, -0.15) is 0 Å².